The number of alkyl halides is 2. The van der Waals surface area contributed by atoms with Gasteiger partial charge in [-0.05, 0) is 6.07 Å². The van der Waals surface area contributed by atoms with Crippen molar-refractivity contribution < 1.29 is 23.6 Å². The van der Waals surface area contributed by atoms with Crippen molar-refractivity contribution in [3.05, 3.63) is 33.1 Å². The summed E-state index contributed by atoms with van der Waals surface area (Å²) in [6.45, 7) is -0.742. The quantitative estimate of drug-likeness (QED) is 0.479. The van der Waals surface area contributed by atoms with Gasteiger partial charge in [0.2, 0.25) is 5.15 Å². The van der Waals surface area contributed by atoms with Gasteiger partial charge < -0.3 is 10.4 Å². The second kappa shape index (κ2) is 6.34. The Morgan fingerprint density at radius 2 is 2.26 bits per heavy atom. The average molecular weight is 296 g/mol. The number of hydrogen-bond acceptors (Lipinski definition) is 5. The summed E-state index contributed by atoms with van der Waals surface area (Å²) < 4.78 is 24.0. The van der Waals surface area contributed by atoms with Gasteiger partial charge in [-0.3, -0.25) is 14.9 Å². The van der Waals surface area contributed by atoms with Gasteiger partial charge in [0.1, 0.15) is 11.7 Å². The number of aromatic nitrogens is 1. The Morgan fingerprint density at radius 3 is 2.79 bits per heavy atom. The van der Waals surface area contributed by atoms with Crippen LogP contribution < -0.4 is 5.32 Å². The van der Waals surface area contributed by atoms with E-state index in [9.17, 15) is 23.7 Å². The van der Waals surface area contributed by atoms with Crippen molar-refractivity contribution in [3.8, 4) is 0 Å². The minimum atomic E-state index is -3.03. The molecule has 1 aromatic rings. The fourth-order valence-corrected chi connectivity index (χ4v) is 1.39. The Bertz CT molecular complexity index is 500. The van der Waals surface area contributed by atoms with Crippen molar-refractivity contribution in [3.63, 3.8) is 0 Å². The molecule has 1 aromatic heterocycles. The first-order valence-corrected chi connectivity index (χ1v) is 5.25. The highest BCUT2D eigenvalue weighted by Gasteiger charge is 2.26. The van der Waals surface area contributed by atoms with E-state index in [1.54, 1.807) is 0 Å². The molecule has 0 saturated heterocycles. The largest absolute Gasteiger partial charge is 0.385 e. The standard InChI is InChI=1S/C9H8ClF2N3O4/c10-7-6(15(18)19)4(1-2-13-7)9(17)14-3-5(16)8(11)12/h1-2,5,8,16H,3H2,(H,14,17). The van der Waals surface area contributed by atoms with Crippen LogP contribution in [-0.4, -0.2) is 40.0 Å². The van der Waals surface area contributed by atoms with Gasteiger partial charge in [0.05, 0.1) is 4.92 Å². The molecule has 10 heteroatoms. The second-order valence-corrected chi connectivity index (χ2v) is 3.72. The lowest BCUT2D eigenvalue weighted by molar-refractivity contribution is -0.385. The first-order chi connectivity index (χ1) is 8.84. The van der Waals surface area contributed by atoms with Gasteiger partial charge in [-0.1, -0.05) is 11.6 Å². The summed E-state index contributed by atoms with van der Waals surface area (Å²) >= 11 is 5.48. The molecule has 0 bridgehead atoms. The molecule has 1 rings (SSSR count). The van der Waals surface area contributed by atoms with Crippen molar-refractivity contribution in [1.29, 1.82) is 0 Å². The maximum atomic E-state index is 12.0. The number of hydrogen-bond donors (Lipinski definition) is 2. The third-order valence-electron chi connectivity index (χ3n) is 2.07. The van der Waals surface area contributed by atoms with Crippen LogP contribution >= 0.6 is 11.6 Å². The molecule has 1 atom stereocenters. The Hall–Kier alpha value is -1.87. The Labute approximate surface area is 110 Å². The average Bonchev–Trinajstić information content (AvgIpc) is 2.34. The van der Waals surface area contributed by atoms with Gasteiger partial charge in [0.15, 0.2) is 0 Å². The zero-order chi connectivity index (χ0) is 14.6. The molecular weight excluding hydrogens is 288 g/mol. The summed E-state index contributed by atoms with van der Waals surface area (Å²) in [6, 6.07) is 1.02. The van der Waals surface area contributed by atoms with Gasteiger partial charge in [-0.2, -0.15) is 0 Å². The van der Waals surface area contributed by atoms with Gasteiger partial charge in [0, 0.05) is 12.7 Å². The van der Waals surface area contributed by atoms with E-state index < -0.39 is 46.3 Å². The molecule has 0 fully saturated rings. The highest BCUT2D eigenvalue weighted by Crippen LogP contribution is 2.25. The second-order valence-electron chi connectivity index (χ2n) is 3.37. The molecule has 104 valence electrons. The molecule has 0 radical (unpaired) electrons. The van der Waals surface area contributed by atoms with Crippen LogP contribution in [0.25, 0.3) is 0 Å². The van der Waals surface area contributed by atoms with Gasteiger partial charge in [-0.15, -0.1) is 0 Å². The van der Waals surface area contributed by atoms with Crippen molar-refractivity contribution in [2.45, 2.75) is 12.5 Å². The van der Waals surface area contributed by atoms with E-state index in [2.05, 4.69) is 4.98 Å². The minimum Gasteiger partial charge on any atom is -0.385 e. The topological polar surface area (TPSA) is 105 Å². The lowest BCUT2D eigenvalue weighted by Gasteiger charge is -2.10. The SMILES string of the molecule is O=C(NCC(O)C(F)F)c1ccnc(Cl)c1[N+](=O)[O-]. The van der Waals surface area contributed by atoms with Crippen molar-refractivity contribution in [2.24, 2.45) is 0 Å². The highest BCUT2D eigenvalue weighted by atomic mass is 35.5. The fraction of sp³-hybridized carbons (Fsp3) is 0.333. The molecule has 1 unspecified atom stereocenters. The highest BCUT2D eigenvalue weighted by molar-refractivity contribution is 6.32. The number of aliphatic hydroxyl groups excluding tert-OH is 1. The molecular formula is C9H8ClF2N3O4. The first-order valence-electron chi connectivity index (χ1n) is 4.88. The van der Waals surface area contributed by atoms with Crippen LogP contribution in [0.15, 0.2) is 12.3 Å². The lowest BCUT2D eigenvalue weighted by atomic mass is 10.2. The predicted molar refractivity (Wildman–Crippen MR) is 60.2 cm³/mol. The van der Waals surface area contributed by atoms with Crippen LogP contribution in [0.1, 0.15) is 10.4 Å². The summed E-state index contributed by atoms with van der Waals surface area (Å²) in [4.78, 5) is 24.8. The molecule has 2 N–H and O–H groups in total. The van der Waals surface area contributed by atoms with Gasteiger partial charge in [0.25, 0.3) is 12.3 Å². The molecule has 0 saturated carbocycles. The number of halogens is 3. The molecule has 19 heavy (non-hydrogen) atoms. The maximum Gasteiger partial charge on any atom is 0.319 e. The Balaban J connectivity index is 2.89. The molecule has 0 aliphatic carbocycles. The predicted octanol–water partition coefficient (Wildman–Crippen LogP) is 0.999. The number of nitrogens with zero attached hydrogens (tertiary/aromatic N) is 2. The zero-order valence-corrected chi connectivity index (χ0v) is 9.97. The molecule has 0 spiro atoms. The summed E-state index contributed by atoms with van der Waals surface area (Å²) in [5.74, 6) is -1.00. The summed E-state index contributed by atoms with van der Waals surface area (Å²) in [5, 5.41) is 21.0. The van der Waals surface area contributed by atoms with E-state index in [1.165, 1.54) is 0 Å². The number of nitrogens with one attached hydrogen (secondary N) is 1. The minimum absolute atomic E-state index is 0.425. The van der Waals surface area contributed by atoms with E-state index in [0.29, 0.717) is 0 Å². The number of rotatable bonds is 5. The number of nitro groups is 1. The molecule has 1 heterocycles. The van der Waals surface area contributed by atoms with Crippen molar-refractivity contribution in [1.82, 2.24) is 10.3 Å². The van der Waals surface area contributed by atoms with E-state index in [4.69, 9.17) is 16.7 Å². The van der Waals surface area contributed by atoms with Crippen molar-refractivity contribution in [2.75, 3.05) is 6.54 Å². The molecule has 0 aliphatic rings. The van der Waals surface area contributed by atoms with Crippen LogP contribution in [0.5, 0.6) is 0 Å². The monoisotopic (exact) mass is 295 g/mol. The zero-order valence-electron chi connectivity index (χ0n) is 9.22. The third-order valence-corrected chi connectivity index (χ3v) is 2.35. The number of carbonyl (C=O) groups excluding carboxylic acids is 1. The van der Waals surface area contributed by atoms with Crippen LogP contribution in [-0.2, 0) is 0 Å². The lowest BCUT2D eigenvalue weighted by Crippen LogP contribution is -2.36. The number of pyridine rings is 1. The third kappa shape index (κ3) is 3.80. The number of carbonyl (C=O) groups is 1. The van der Waals surface area contributed by atoms with Crippen LogP contribution in [0.4, 0.5) is 14.5 Å². The number of aliphatic hydroxyl groups is 1. The smallest absolute Gasteiger partial charge is 0.319 e. The normalized spacial score (nSPS) is 12.3. The summed E-state index contributed by atoms with van der Waals surface area (Å²) in [5.41, 5.74) is -1.15. The van der Waals surface area contributed by atoms with Crippen LogP contribution in [0, 0.1) is 10.1 Å². The Kier molecular flexibility index (Phi) is 5.07. The molecule has 7 nitrogen and oxygen atoms in total. The maximum absolute atomic E-state index is 12.0. The van der Waals surface area contributed by atoms with Crippen LogP contribution in [0.3, 0.4) is 0 Å². The van der Waals surface area contributed by atoms with Crippen molar-refractivity contribution >= 4 is 23.2 Å². The van der Waals surface area contributed by atoms with Gasteiger partial charge >= 0.3 is 5.69 Å². The first kappa shape index (κ1) is 15.2. The van der Waals surface area contributed by atoms with E-state index >= 15 is 0 Å². The van der Waals surface area contributed by atoms with E-state index in [0.717, 1.165) is 12.3 Å². The molecule has 0 aliphatic heterocycles. The number of amides is 1. The van der Waals surface area contributed by atoms with E-state index in [1.807, 2.05) is 5.32 Å². The van der Waals surface area contributed by atoms with E-state index in [-0.39, 0.29) is 0 Å². The van der Waals surface area contributed by atoms with Crippen LogP contribution in [0.2, 0.25) is 5.15 Å². The molecule has 1 amide bonds. The molecule has 0 aromatic carbocycles. The summed E-state index contributed by atoms with van der Waals surface area (Å²) in [7, 11) is 0. The fourth-order valence-electron chi connectivity index (χ4n) is 1.17. The Morgan fingerprint density at radius 1 is 1.63 bits per heavy atom. The van der Waals surface area contributed by atoms with Gasteiger partial charge in [-0.25, -0.2) is 13.8 Å². The summed E-state index contributed by atoms with van der Waals surface area (Å²) in [6.07, 6.45) is -4.02.